The first kappa shape index (κ1) is 10.8. The summed E-state index contributed by atoms with van der Waals surface area (Å²) >= 11 is 3.55. The summed E-state index contributed by atoms with van der Waals surface area (Å²) in [5.74, 6) is 0.944. The molecular formula is C14H18BrN. The zero-order valence-corrected chi connectivity index (χ0v) is 11.3. The first-order valence-corrected chi connectivity index (χ1v) is 7.11. The number of aryl methyl sites for hydroxylation is 1. The molecule has 1 aromatic rings. The van der Waals surface area contributed by atoms with Gasteiger partial charge in [0, 0.05) is 16.6 Å². The maximum absolute atomic E-state index is 3.81. The van der Waals surface area contributed by atoms with Crippen LogP contribution in [0.3, 0.4) is 0 Å². The largest absolute Gasteiger partial charge is 0.307 e. The van der Waals surface area contributed by atoms with Crippen LogP contribution in [0.25, 0.3) is 0 Å². The Balaban J connectivity index is 1.72. The third kappa shape index (κ3) is 1.93. The molecule has 1 N–H and O–H groups in total. The van der Waals surface area contributed by atoms with Crippen molar-refractivity contribution in [3.8, 4) is 0 Å². The predicted octanol–water partition coefficient (Wildman–Crippen LogP) is 3.82. The lowest BCUT2D eigenvalue weighted by molar-refractivity contribution is 0.504. The minimum atomic E-state index is 0.615. The van der Waals surface area contributed by atoms with E-state index in [9.17, 15) is 0 Å². The number of halogens is 1. The van der Waals surface area contributed by atoms with E-state index >= 15 is 0 Å². The molecule has 3 unspecified atom stereocenters. The Kier molecular flexibility index (Phi) is 2.80. The van der Waals surface area contributed by atoms with Gasteiger partial charge in [0.1, 0.15) is 0 Å². The second kappa shape index (κ2) is 4.15. The molecule has 1 saturated carbocycles. The number of benzene rings is 1. The average molecular weight is 280 g/mol. The molecule has 0 radical (unpaired) electrons. The second-order valence-corrected chi connectivity index (χ2v) is 6.03. The van der Waals surface area contributed by atoms with Crippen LogP contribution >= 0.6 is 15.9 Å². The summed E-state index contributed by atoms with van der Waals surface area (Å²) in [6.07, 6.45) is 5.23. The van der Waals surface area contributed by atoms with Gasteiger partial charge in [-0.2, -0.15) is 0 Å². The zero-order chi connectivity index (χ0) is 11.1. The molecule has 2 aliphatic rings. The quantitative estimate of drug-likeness (QED) is 0.887. The third-order valence-electron chi connectivity index (χ3n) is 4.05. The molecule has 0 heterocycles. The summed E-state index contributed by atoms with van der Waals surface area (Å²) in [7, 11) is 0. The van der Waals surface area contributed by atoms with E-state index in [0.29, 0.717) is 6.04 Å². The van der Waals surface area contributed by atoms with Gasteiger partial charge >= 0.3 is 0 Å². The van der Waals surface area contributed by atoms with E-state index in [-0.39, 0.29) is 0 Å². The number of fused-ring (bicyclic) bond motifs is 1. The van der Waals surface area contributed by atoms with E-state index in [0.717, 1.165) is 12.0 Å². The molecule has 0 spiro atoms. The highest BCUT2D eigenvalue weighted by Gasteiger charge is 2.37. The molecule has 2 heteroatoms. The van der Waals surface area contributed by atoms with E-state index in [1.807, 2.05) is 0 Å². The molecule has 1 fully saturated rings. The average Bonchev–Trinajstić information content (AvgIpc) is 2.92. The van der Waals surface area contributed by atoms with E-state index < -0.39 is 0 Å². The van der Waals surface area contributed by atoms with Crippen molar-refractivity contribution in [2.45, 2.75) is 44.7 Å². The van der Waals surface area contributed by atoms with Crippen molar-refractivity contribution in [1.82, 2.24) is 5.32 Å². The Hall–Kier alpha value is -0.340. The molecule has 3 rings (SSSR count). The fourth-order valence-electron chi connectivity index (χ4n) is 2.92. The smallest absolute Gasteiger partial charge is 0.0328 e. The number of nitrogens with one attached hydrogen (secondary N) is 1. The standard InChI is InChI=1S/C14H18BrN/c1-2-9-8-14(9)16-13-6-3-10-7-11(15)4-5-12(10)13/h4-5,7,9,13-14,16H,2-3,6,8H2,1H3. The summed E-state index contributed by atoms with van der Waals surface area (Å²) in [6, 6.07) is 8.15. The second-order valence-electron chi connectivity index (χ2n) is 5.11. The molecule has 0 aliphatic heterocycles. The van der Waals surface area contributed by atoms with Crippen LogP contribution in [0.15, 0.2) is 22.7 Å². The van der Waals surface area contributed by atoms with Gasteiger partial charge in [-0.25, -0.2) is 0 Å². The van der Waals surface area contributed by atoms with Crippen LogP contribution in [0.1, 0.15) is 43.4 Å². The minimum absolute atomic E-state index is 0.615. The molecule has 1 aromatic carbocycles. The fourth-order valence-corrected chi connectivity index (χ4v) is 3.33. The Morgan fingerprint density at radius 2 is 2.31 bits per heavy atom. The summed E-state index contributed by atoms with van der Waals surface area (Å²) in [5.41, 5.74) is 3.06. The van der Waals surface area contributed by atoms with Gasteiger partial charge in [-0.05, 0) is 48.4 Å². The third-order valence-corrected chi connectivity index (χ3v) is 4.54. The summed E-state index contributed by atoms with van der Waals surface area (Å²) in [4.78, 5) is 0. The summed E-state index contributed by atoms with van der Waals surface area (Å²) in [6.45, 7) is 2.30. The topological polar surface area (TPSA) is 12.0 Å². The van der Waals surface area contributed by atoms with Gasteiger partial charge < -0.3 is 5.32 Å². The molecular weight excluding hydrogens is 262 g/mol. The Morgan fingerprint density at radius 1 is 1.44 bits per heavy atom. The number of hydrogen-bond acceptors (Lipinski definition) is 1. The highest BCUT2D eigenvalue weighted by molar-refractivity contribution is 9.10. The molecule has 86 valence electrons. The van der Waals surface area contributed by atoms with Crippen molar-refractivity contribution in [2.24, 2.45) is 5.92 Å². The number of hydrogen-bond donors (Lipinski definition) is 1. The zero-order valence-electron chi connectivity index (χ0n) is 9.67. The van der Waals surface area contributed by atoms with Crippen LogP contribution in [-0.2, 0) is 6.42 Å². The van der Waals surface area contributed by atoms with Crippen LogP contribution in [-0.4, -0.2) is 6.04 Å². The van der Waals surface area contributed by atoms with E-state index in [4.69, 9.17) is 0 Å². The predicted molar refractivity (Wildman–Crippen MR) is 70.5 cm³/mol. The normalized spacial score (nSPS) is 31.5. The highest BCUT2D eigenvalue weighted by atomic mass is 79.9. The van der Waals surface area contributed by atoms with Gasteiger partial charge in [-0.1, -0.05) is 35.3 Å². The van der Waals surface area contributed by atoms with Crippen molar-refractivity contribution < 1.29 is 0 Å². The summed E-state index contributed by atoms with van der Waals surface area (Å²) in [5, 5.41) is 3.81. The summed E-state index contributed by atoms with van der Waals surface area (Å²) < 4.78 is 1.21. The van der Waals surface area contributed by atoms with Crippen LogP contribution in [0.2, 0.25) is 0 Å². The molecule has 1 nitrogen and oxygen atoms in total. The van der Waals surface area contributed by atoms with E-state index in [1.54, 1.807) is 0 Å². The van der Waals surface area contributed by atoms with Crippen molar-refractivity contribution in [1.29, 1.82) is 0 Å². The molecule has 16 heavy (non-hydrogen) atoms. The first-order chi connectivity index (χ1) is 7.78. The molecule has 0 amide bonds. The van der Waals surface area contributed by atoms with E-state index in [1.165, 1.54) is 41.3 Å². The maximum atomic E-state index is 3.81. The van der Waals surface area contributed by atoms with Crippen molar-refractivity contribution in [3.05, 3.63) is 33.8 Å². The van der Waals surface area contributed by atoms with Gasteiger partial charge in [0.25, 0.3) is 0 Å². The SMILES string of the molecule is CCC1CC1NC1CCc2cc(Br)ccc21. The van der Waals surface area contributed by atoms with Crippen LogP contribution in [0.4, 0.5) is 0 Å². The Labute approximate surface area is 106 Å². The lowest BCUT2D eigenvalue weighted by atomic mass is 10.1. The van der Waals surface area contributed by atoms with Gasteiger partial charge in [0.2, 0.25) is 0 Å². The van der Waals surface area contributed by atoms with Crippen molar-refractivity contribution >= 4 is 15.9 Å². The lowest BCUT2D eigenvalue weighted by Crippen LogP contribution is -2.22. The Morgan fingerprint density at radius 3 is 3.06 bits per heavy atom. The van der Waals surface area contributed by atoms with Gasteiger partial charge in [-0.3, -0.25) is 0 Å². The Bertz CT molecular complexity index is 402. The minimum Gasteiger partial charge on any atom is -0.307 e. The first-order valence-electron chi connectivity index (χ1n) is 6.32. The van der Waals surface area contributed by atoms with Crippen LogP contribution in [0, 0.1) is 5.92 Å². The molecule has 2 aliphatic carbocycles. The number of rotatable bonds is 3. The van der Waals surface area contributed by atoms with Gasteiger partial charge in [-0.15, -0.1) is 0 Å². The van der Waals surface area contributed by atoms with Crippen molar-refractivity contribution in [2.75, 3.05) is 0 Å². The molecule has 0 saturated heterocycles. The maximum Gasteiger partial charge on any atom is 0.0328 e. The highest BCUT2D eigenvalue weighted by Crippen LogP contribution is 2.39. The fraction of sp³-hybridized carbons (Fsp3) is 0.571. The van der Waals surface area contributed by atoms with Crippen LogP contribution in [0.5, 0.6) is 0 Å². The monoisotopic (exact) mass is 279 g/mol. The van der Waals surface area contributed by atoms with Crippen LogP contribution < -0.4 is 5.32 Å². The lowest BCUT2D eigenvalue weighted by Gasteiger charge is -2.14. The molecule has 0 bridgehead atoms. The van der Waals surface area contributed by atoms with Gasteiger partial charge in [0.05, 0.1) is 0 Å². The molecule has 3 atom stereocenters. The molecule has 0 aromatic heterocycles. The van der Waals surface area contributed by atoms with Gasteiger partial charge in [0.15, 0.2) is 0 Å². The van der Waals surface area contributed by atoms with E-state index in [2.05, 4.69) is 46.4 Å². The van der Waals surface area contributed by atoms with Crippen molar-refractivity contribution in [3.63, 3.8) is 0 Å².